The van der Waals surface area contributed by atoms with Crippen molar-refractivity contribution in [3.8, 4) is 0 Å². The maximum Gasteiger partial charge on any atom is 0.421 e. The van der Waals surface area contributed by atoms with Gasteiger partial charge in [0.2, 0.25) is 0 Å². The normalized spacial score (nSPS) is 23.6. The summed E-state index contributed by atoms with van der Waals surface area (Å²) in [6.45, 7) is 0. The Morgan fingerprint density at radius 1 is 1.39 bits per heavy atom. The van der Waals surface area contributed by atoms with Crippen LogP contribution in [0.5, 0.6) is 0 Å². The second kappa shape index (κ2) is 3.94. The molecule has 4 nitrogen and oxygen atoms in total. The number of benzene rings is 1. The van der Waals surface area contributed by atoms with E-state index >= 15 is 0 Å². The third-order valence-electron chi connectivity index (χ3n) is 3.20. The Morgan fingerprint density at radius 3 is 2.61 bits per heavy atom. The van der Waals surface area contributed by atoms with E-state index < -0.39 is 34.4 Å². The summed E-state index contributed by atoms with van der Waals surface area (Å²) in [7, 11) is 0. The van der Waals surface area contributed by atoms with Crippen molar-refractivity contribution in [3.63, 3.8) is 0 Å². The number of aliphatic hydroxyl groups is 1. The summed E-state index contributed by atoms with van der Waals surface area (Å²) in [5.74, 6) is 0. The maximum atomic E-state index is 12.9. The lowest BCUT2D eigenvalue weighted by molar-refractivity contribution is -0.385. The van der Waals surface area contributed by atoms with Crippen molar-refractivity contribution in [2.45, 2.75) is 31.0 Å². The molecule has 7 heteroatoms. The van der Waals surface area contributed by atoms with Gasteiger partial charge in [0.05, 0.1) is 4.92 Å². The molecule has 0 heterocycles. The number of nitro benzene ring substituents is 1. The molecule has 1 unspecified atom stereocenters. The SMILES string of the molecule is O=[N+]([O-])c1ccc2c(c1)C(O)(C(F)(F)F)CCC2. The Hall–Kier alpha value is -1.63. The molecule has 1 aliphatic rings. The molecular formula is C11H10F3NO3. The number of nitrogens with zero attached hydrogens (tertiary/aromatic N) is 1. The third kappa shape index (κ3) is 1.84. The predicted molar refractivity (Wildman–Crippen MR) is 56.0 cm³/mol. The van der Waals surface area contributed by atoms with E-state index in [1.165, 1.54) is 6.07 Å². The minimum atomic E-state index is -4.84. The van der Waals surface area contributed by atoms with Crippen molar-refractivity contribution in [3.05, 3.63) is 39.4 Å². The lowest BCUT2D eigenvalue weighted by atomic mass is 9.78. The number of nitro groups is 1. The molecule has 0 radical (unpaired) electrons. The average Bonchev–Trinajstić information content (AvgIpc) is 2.27. The Morgan fingerprint density at radius 2 is 2.06 bits per heavy atom. The number of fused-ring (bicyclic) bond motifs is 1. The van der Waals surface area contributed by atoms with Gasteiger partial charge in [-0.2, -0.15) is 13.2 Å². The molecule has 1 aromatic rings. The average molecular weight is 261 g/mol. The molecule has 2 rings (SSSR count). The zero-order valence-electron chi connectivity index (χ0n) is 9.20. The van der Waals surface area contributed by atoms with Crippen molar-refractivity contribution in [2.24, 2.45) is 0 Å². The van der Waals surface area contributed by atoms with Gasteiger partial charge in [-0.05, 0) is 24.8 Å². The van der Waals surface area contributed by atoms with E-state index in [2.05, 4.69) is 0 Å². The summed E-state index contributed by atoms with van der Waals surface area (Å²) in [4.78, 5) is 9.82. The van der Waals surface area contributed by atoms with Gasteiger partial charge in [-0.25, -0.2) is 0 Å². The Labute approximate surface area is 100 Å². The topological polar surface area (TPSA) is 63.4 Å². The summed E-state index contributed by atoms with van der Waals surface area (Å²) in [5.41, 5.74) is -3.51. The molecule has 0 aliphatic heterocycles. The fraction of sp³-hybridized carbons (Fsp3) is 0.455. The molecule has 1 atom stereocenters. The number of alkyl halides is 3. The zero-order valence-corrected chi connectivity index (χ0v) is 9.20. The van der Waals surface area contributed by atoms with Gasteiger partial charge in [0.15, 0.2) is 5.60 Å². The maximum absolute atomic E-state index is 12.9. The molecule has 0 amide bonds. The number of halogens is 3. The van der Waals surface area contributed by atoms with Gasteiger partial charge in [0.25, 0.3) is 5.69 Å². The van der Waals surface area contributed by atoms with E-state index in [1.807, 2.05) is 0 Å². The molecule has 0 saturated heterocycles. The first kappa shape index (κ1) is 12.8. The van der Waals surface area contributed by atoms with Gasteiger partial charge in [0.1, 0.15) is 0 Å². The summed E-state index contributed by atoms with van der Waals surface area (Å²) < 4.78 is 38.8. The van der Waals surface area contributed by atoms with Crippen LogP contribution in [0, 0.1) is 10.1 Å². The molecule has 0 spiro atoms. The van der Waals surface area contributed by atoms with Crippen LogP contribution in [0.3, 0.4) is 0 Å². The van der Waals surface area contributed by atoms with E-state index in [0.717, 1.165) is 12.1 Å². The van der Waals surface area contributed by atoms with Crippen molar-refractivity contribution < 1.29 is 23.2 Å². The standard InChI is InChI=1S/C11H10F3NO3/c12-11(13,14)10(16)5-1-2-7-3-4-8(15(17)18)6-9(7)10/h3-4,6,16H,1-2,5H2. The number of hydrogen-bond acceptors (Lipinski definition) is 3. The van der Waals surface area contributed by atoms with Gasteiger partial charge >= 0.3 is 6.18 Å². The Kier molecular flexibility index (Phi) is 2.81. The second-order valence-electron chi connectivity index (χ2n) is 4.31. The van der Waals surface area contributed by atoms with E-state index in [4.69, 9.17) is 0 Å². The van der Waals surface area contributed by atoms with Gasteiger partial charge in [-0.3, -0.25) is 10.1 Å². The molecule has 0 aromatic heterocycles. The first-order chi connectivity index (χ1) is 8.25. The number of non-ortho nitro benzene ring substituents is 1. The molecule has 0 bridgehead atoms. The van der Waals surface area contributed by atoms with Crippen LogP contribution < -0.4 is 0 Å². The van der Waals surface area contributed by atoms with Gasteiger partial charge < -0.3 is 5.11 Å². The third-order valence-corrected chi connectivity index (χ3v) is 3.20. The van der Waals surface area contributed by atoms with E-state index in [0.29, 0.717) is 12.0 Å². The number of hydrogen-bond donors (Lipinski definition) is 1. The summed E-state index contributed by atoms with van der Waals surface area (Å²) in [5, 5.41) is 20.4. The second-order valence-corrected chi connectivity index (χ2v) is 4.31. The van der Waals surface area contributed by atoms with Crippen LogP contribution in [0.4, 0.5) is 18.9 Å². The first-order valence-corrected chi connectivity index (χ1v) is 5.32. The highest BCUT2D eigenvalue weighted by molar-refractivity contribution is 5.45. The minimum Gasteiger partial charge on any atom is -0.376 e. The molecule has 0 saturated carbocycles. The Balaban J connectivity index is 2.60. The van der Waals surface area contributed by atoms with Gasteiger partial charge in [-0.1, -0.05) is 6.07 Å². The fourth-order valence-corrected chi connectivity index (χ4v) is 2.24. The molecular weight excluding hydrogens is 251 g/mol. The minimum absolute atomic E-state index is 0.195. The highest BCUT2D eigenvalue weighted by Crippen LogP contribution is 2.47. The van der Waals surface area contributed by atoms with Crippen LogP contribution in [0.25, 0.3) is 0 Å². The molecule has 1 aromatic carbocycles. The predicted octanol–water partition coefficient (Wildman–Crippen LogP) is 2.68. The van der Waals surface area contributed by atoms with Crippen LogP contribution in [-0.4, -0.2) is 16.2 Å². The highest BCUT2D eigenvalue weighted by atomic mass is 19.4. The lowest BCUT2D eigenvalue weighted by Crippen LogP contribution is -2.44. The number of aryl methyl sites for hydroxylation is 1. The monoisotopic (exact) mass is 261 g/mol. The fourth-order valence-electron chi connectivity index (χ4n) is 2.24. The molecule has 18 heavy (non-hydrogen) atoms. The largest absolute Gasteiger partial charge is 0.421 e. The van der Waals surface area contributed by atoms with Crippen LogP contribution in [-0.2, 0) is 12.0 Å². The lowest BCUT2D eigenvalue weighted by Gasteiger charge is -2.35. The van der Waals surface area contributed by atoms with E-state index in [-0.39, 0.29) is 6.42 Å². The van der Waals surface area contributed by atoms with Gasteiger partial charge in [0, 0.05) is 17.7 Å². The number of rotatable bonds is 1. The van der Waals surface area contributed by atoms with Crippen LogP contribution in [0.1, 0.15) is 24.0 Å². The van der Waals surface area contributed by atoms with Crippen LogP contribution in [0.2, 0.25) is 0 Å². The molecule has 1 N–H and O–H groups in total. The van der Waals surface area contributed by atoms with Crippen molar-refractivity contribution in [1.29, 1.82) is 0 Å². The molecule has 1 aliphatic carbocycles. The van der Waals surface area contributed by atoms with Gasteiger partial charge in [-0.15, -0.1) is 0 Å². The zero-order chi connectivity index (χ0) is 13.6. The van der Waals surface area contributed by atoms with E-state index in [9.17, 15) is 28.4 Å². The molecule has 98 valence electrons. The summed E-state index contributed by atoms with van der Waals surface area (Å²) in [6.07, 6.45) is -4.73. The Bertz CT molecular complexity index is 501. The highest BCUT2D eigenvalue weighted by Gasteiger charge is 2.56. The van der Waals surface area contributed by atoms with Crippen LogP contribution >= 0.6 is 0 Å². The quantitative estimate of drug-likeness (QED) is 0.624. The first-order valence-electron chi connectivity index (χ1n) is 5.32. The summed E-state index contributed by atoms with van der Waals surface area (Å²) >= 11 is 0. The molecule has 0 fully saturated rings. The van der Waals surface area contributed by atoms with Crippen molar-refractivity contribution >= 4 is 5.69 Å². The summed E-state index contributed by atoms with van der Waals surface area (Å²) in [6, 6.07) is 3.26. The van der Waals surface area contributed by atoms with Crippen molar-refractivity contribution in [1.82, 2.24) is 0 Å². The van der Waals surface area contributed by atoms with E-state index in [1.54, 1.807) is 0 Å². The van der Waals surface area contributed by atoms with Crippen LogP contribution in [0.15, 0.2) is 18.2 Å². The van der Waals surface area contributed by atoms with Crippen molar-refractivity contribution in [2.75, 3.05) is 0 Å². The smallest absolute Gasteiger partial charge is 0.376 e.